The molecule has 0 aliphatic carbocycles. The van der Waals surface area contributed by atoms with Gasteiger partial charge in [0.2, 0.25) is 0 Å². The smallest absolute Gasteiger partial charge is 0.407 e. The largest absolute Gasteiger partial charge is 0.493 e. The van der Waals surface area contributed by atoms with E-state index in [1.807, 2.05) is 27.7 Å². The van der Waals surface area contributed by atoms with Crippen molar-refractivity contribution in [3.05, 3.63) is 24.3 Å². The maximum atomic E-state index is 11.6. The molecule has 1 fully saturated rings. The first-order valence-electron chi connectivity index (χ1n) is 8.33. The summed E-state index contributed by atoms with van der Waals surface area (Å²) in [5.41, 5.74) is -0.197. The molecular formula is C18H27NO5S. The number of sulfone groups is 1. The van der Waals surface area contributed by atoms with Gasteiger partial charge in [0.15, 0.2) is 9.84 Å². The molecule has 3 unspecified atom stereocenters. The molecule has 0 spiro atoms. The maximum absolute atomic E-state index is 11.6. The Labute approximate surface area is 149 Å². The highest BCUT2D eigenvalue weighted by atomic mass is 32.2. The first-order chi connectivity index (χ1) is 11.4. The molecule has 3 atom stereocenters. The van der Waals surface area contributed by atoms with Crippen LogP contribution in [0.4, 0.5) is 4.79 Å². The number of carboxylic acid groups (broad SMARTS) is 1. The van der Waals surface area contributed by atoms with Crippen LogP contribution in [-0.4, -0.2) is 50.0 Å². The minimum atomic E-state index is -3.23. The van der Waals surface area contributed by atoms with Gasteiger partial charge in [-0.1, -0.05) is 27.7 Å². The second-order valence-electron chi connectivity index (χ2n) is 7.94. The van der Waals surface area contributed by atoms with Gasteiger partial charge in [-0.2, -0.15) is 0 Å². The van der Waals surface area contributed by atoms with Gasteiger partial charge < -0.3 is 14.7 Å². The van der Waals surface area contributed by atoms with E-state index in [4.69, 9.17) is 4.74 Å². The Kier molecular flexibility index (Phi) is 5.37. The molecule has 0 aromatic heterocycles. The Hall–Kier alpha value is -1.76. The molecule has 6 nitrogen and oxygen atoms in total. The van der Waals surface area contributed by atoms with Gasteiger partial charge in [-0.05, 0) is 35.6 Å². The first kappa shape index (κ1) is 19.6. The summed E-state index contributed by atoms with van der Waals surface area (Å²) >= 11 is 0. The molecule has 1 amide bonds. The fraction of sp³-hybridized carbons (Fsp3) is 0.611. The zero-order valence-electron chi connectivity index (χ0n) is 15.4. The minimum Gasteiger partial charge on any atom is -0.493 e. The van der Waals surface area contributed by atoms with Gasteiger partial charge in [0.05, 0.1) is 11.5 Å². The summed E-state index contributed by atoms with van der Waals surface area (Å²) < 4.78 is 28.9. The topological polar surface area (TPSA) is 83.9 Å². The molecule has 2 rings (SSSR count). The Morgan fingerprint density at radius 1 is 1.28 bits per heavy atom. The number of nitrogens with zero attached hydrogens (tertiary/aromatic N) is 1. The van der Waals surface area contributed by atoms with Gasteiger partial charge >= 0.3 is 6.09 Å². The van der Waals surface area contributed by atoms with E-state index in [1.165, 1.54) is 17.0 Å². The van der Waals surface area contributed by atoms with E-state index in [0.717, 1.165) is 6.26 Å². The van der Waals surface area contributed by atoms with Crippen molar-refractivity contribution < 1.29 is 23.1 Å². The van der Waals surface area contributed by atoms with Crippen LogP contribution in [0.15, 0.2) is 29.2 Å². The van der Waals surface area contributed by atoms with Crippen LogP contribution in [0.5, 0.6) is 5.75 Å². The summed E-state index contributed by atoms with van der Waals surface area (Å²) in [6.45, 7) is 9.06. The molecule has 1 aromatic rings. The Bertz CT molecular complexity index is 721. The lowest BCUT2D eigenvalue weighted by Gasteiger charge is -2.37. The molecule has 1 aliphatic rings. The quantitative estimate of drug-likeness (QED) is 0.881. The van der Waals surface area contributed by atoms with E-state index in [-0.39, 0.29) is 28.2 Å². The molecule has 140 valence electrons. The van der Waals surface area contributed by atoms with Gasteiger partial charge in [0, 0.05) is 24.8 Å². The summed E-state index contributed by atoms with van der Waals surface area (Å²) in [6, 6.07) is 6.19. The normalized spacial score (nSPS) is 24.4. The number of ether oxygens (including phenoxy) is 1. The molecule has 0 radical (unpaired) electrons. The number of carbonyl (C=O) groups is 1. The lowest BCUT2D eigenvalue weighted by molar-refractivity contribution is 0.0764. The van der Waals surface area contributed by atoms with Crippen LogP contribution in [0, 0.1) is 17.3 Å². The fourth-order valence-electron chi connectivity index (χ4n) is 3.64. The highest BCUT2D eigenvalue weighted by Crippen LogP contribution is 2.40. The van der Waals surface area contributed by atoms with Crippen LogP contribution in [0.1, 0.15) is 27.7 Å². The average molecular weight is 369 g/mol. The van der Waals surface area contributed by atoms with Crippen LogP contribution in [0.2, 0.25) is 0 Å². The summed E-state index contributed by atoms with van der Waals surface area (Å²) in [6.07, 6.45) is 0.268. The van der Waals surface area contributed by atoms with Crippen LogP contribution in [0.3, 0.4) is 0 Å². The van der Waals surface area contributed by atoms with Crippen LogP contribution in [0.25, 0.3) is 0 Å². The number of amides is 1. The number of rotatable bonds is 4. The third-order valence-corrected chi connectivity index (χ3v) is 5.91. The SMILES string of the molecule is CC1CN(C(=O)O)C(C(C)(C)C)C1COc1ccc(S(C)(=O)=O)cc1. The zero-order valence-corrected chi connectivity index (χ0v) is 16.2. The predicted octanol–water partition coefficient (Wildman–Crippen LogP) is 3.13. The van der Waals surface area contributed by atoms with Crippen molar-refractivity contribution in [3.63, 3.8) is 0 Å². The van der Waals surface area contributed by atoms with Gasteiger partial charge in [-0.25, -0.2) is 13.2 Å². The van der Waals surface area contributed by atoms with Gasteiger partial charge in [0.1, 0.15) is 5.75 Å². The molecule has 1 N–H and O–H groups in total. The summed E-state index contributed by atoms with van der Waals surface area (Å²) in [5.74, 6) is 0.849. The van der Waals surface area contributed by atoms with Gasteiger partial charge in [-0.3, -0.25) is 0 Å². The van der Waals surface area contributed by atoms with Crippen molar-refractivity contribution in [1.29, 1.82) is 0 Å². The first-order valence-corrected chi connectivity index (χ1v) is 10.2. The maximum Gasteiger partial charge on any atom is 0.407 e. The predicted molar refractivity (Wildman–Crippen MR) is 95.7 cm³/mol. The van der Waals surface area contributed by atoms with Crippen LogP contribution >= 0.6 is 0 Å². The highest BCUT2D eigenvalue weighted by molar-refractivity contribution is 7.90. The zero-order chi connectivity index (χ0) is 19.0. The third kappa shape index (κ3) is 4.45. The van der Waals surface area contributed by atoms with E-state index in [0.29, 0.717) is 18.9 Å². The molecule has 0 saturated carbocycles. The van der Waals surface area contributed by atoms with E-state index in [9.17, 15) is 18.3 Å². The second kappa shape index (κ2) is 6.86. The third-order valence-electron chi connectivity index (χ3n) is 4.78. The number of hydrogen-bond acceptors (Lipinski definition) is 4. The standard InChI is InChI=1S/C18H27NO5S/c1-12-10-19(17(20)21)16(18(2,3)4)15(12)11-24-13-6-8-14(9-7-13)25(5,22)23/h6-9,12,15-16H,10-11H2,1-5H3,(H,20,21). The van der Waals surface area contributed by atoms with Crippen LogP contribution < -0.4 is 4.74 Å². The molecule has 1 heterocycles. The van der Waals surface area contributed by atoms with E-state index < -0.39 is 15.9 Å². The number of likely N-dealkylation sites (tertiary alicyclic amines) is 1. The number of benzene rings is 1. The lowest BCUT2D eigenvalue weighted by atomic mass is 9.77. The molecule has 7 heteroatoms. The van der Waals surface area contributed by atoms with E-state index in [2.05, 4.69) is 0 Å². The van der Waals surface area contributed by atoms with Gasteiger partial charge in [0.25, 0.3) is 0 Å². The van der Waals surface area contributed by atoms with Crippen molar-refractivity contribution in [2.24, 2.45) is 17.3 Å². The van der Waals surface area contributed by atoms with E-state index in [1.54, 1.807) is 12.1 Å². The van der Waals surface area contributed by atoms with Gasteiger partial charge in [-0.15, -0.1) is 0 Å². The molecule has 1 saturated heterocycles. The number of hydrogen-bond donors (Lipinski definition) is 1. The van der Waals surface area contributed by atoms with E-state index >= 15 is 0 Å². The van der Waals surface area contributed by atoms with Crippen molar-refractivity contribution in [2.45, 2.75) is 38.6 Å². The van der Waals surface area contributed by atoms with Crippen molar-refractivity contribution in [1.82, 2.24) is 4.90 Å². The average Bonchev–Trinajstić information content (AvgIpc) is 2.82. The Morgan fingerprint density at radius 3 is 2.28 bits per heavy atom. The Morgan fingerprint density at radius 2 is 1.84 bits per heavy atom. The van der Waals surface area contributed by atoms with Crippen LogP contribution in [-0.2, 0) is 9.84 Å². The summed E-state index contributed by atoms with van der Waals surface area (Å²) in [4.78, 5) is 13.4. The monoisotopic (exact) mass is 369 g/mol. The minimum absolute atomic E-state index is 0.0747. The summed E-state index contributed by atoms with van der Waals surface area (Å²) in [5, 5.41) is 9.50. The van der Waals surface area contributed by atoms with Crippen molar-refractivity contribution in [3.8, 4) is 5.75 Å². The fourth-order valence-corrected chi connectivity index (χ4v) is 4.27. The Balaban J connectivity index is 2.14. The van der Waals surface area contributed by atoms with Crippen molar-refractivity contribution in [2.75, 3.05) is 19.4 Å². The molecular weight excluding hydrogens is 342 g/mol. The molecule has 25 heavy (non-hydrogen) atoms. The highest BCUT2D eigenvalue weighted by Gasteiger charge is 2.47. The molecule has 1 aromatic carbocycles. The summed E-state index contributed by atoms with van der Waals surface area (Å²) in [7, 11) is -3.23. The second-order valence-corrected chi connectivity index (χ2v) is 9.96. The lowest BCUT2D eigenvalue weighted by Crippen LogP contribution is -2.46. The molecule has 0 bridgehead atoms. The van der Waals surface area contributed by atoms with Crippen molar-refractivity contribution >= 4 is 15.9 Å². The molecule has 1 aliphatic heterocycles.